The number of hydrogen-bond acceptors (Lipinski definition) is 8. The van der Waals surface area contributed by atoms with Crippen LogP contribution in [0.4, 0.5) is 5.69 Å². The molecule has 0 aliphatic rings. The van der Waals surface area contributed by atoms with Crippen LogP contribution in [0, 0.1) is 20.8 Å². The molecule has 11 nitrogen and oxygen atoms in total. The number of nitrogens with one attached hydrogen (secondary N) is 2. The molecular formula is C37H32ClN9O2S. The summed E-state index contributed by atoms with van der Waals surface area (Å²) in [7, 11) is 0. The number of fused-ring (bicyclic) bond motifs is 1. The van der Waals surface area contributed by atoms with E-state index in [1.54, 1.807) is 26.6 Å². The maximum atomic E-state index is 13.2. The quantitative estimate of drug-likeness (QED) is 0.159. The lowest BCUT2D eigenvalue weighted by atomic mass is 10.0. The molecule has 50 heavy (non-hydrogen) atoms. The van der Waals surface area contributed by atoms with Crippen molar-refractivity contribution in [2.45, 2.75) is 40.3 Å². The summed E-state index contributed by atoms with van der Waals surface area (Å²) >= 11 is 8.23. The molecule has 0 saturated carbocycles. The van der Waals surface area contributed by atoms with Gasteiger partial charge in [0, 0.05) is 33.2 Å². The Kier molecular flexibility index (Phi) is 8.96. The van der Waals surface area contributed by atoms with Gasteiger partial charge in [-0.3, -0.25) is 9.59 Å². The highest BCUT2D eigenvalue weighted by molar-refractivity contribution is 7.13. The van der Waals surface area contributed by atoms with E-state index in [1.807, 2.05) is 106 Å². The SMILES string of the molecule is Cc1cc(C)n2ncc(C(=O)Nc3ccc(-c4cn(Cc5cccc(C(=O)NC(C)c6ccc(-c7scnc7C)cc6Cl)c5)nn4)cc3)c2n1. The van der Waals surface area contributed by atoms with Crippen LogP contribution in [0.2, 0.25) is 5.02 Å². The number of halogens is 1. The van der Waals surface area contributed by atoms with Crippen molar-refractivity contribution in [1.82, 2.24) is 39.9 Å². The third kappa shape index (κ3) is 6.75. The molecule has 0 aliphatic carbocycles. The fourth-order valence-corrected chi connectivity index (χ4v) is 6.96. The van der Waals surface area contributed by atoms with Crippen LogP contribution in [-0.4, -0.2) is 46.4 Å². The number of benzene rings is 3. The average Bonchev–Trinajstić information content (AvgIpc) is 3.85. The number of carbonyl (C=O) groups is 2. The molecule has 0 spiro atoms. The number of aryl methyl sites for hydroxylation is 3. The van der Waals surface area contributed by atoms with E-state index in [-0.39, 0.29) is 17.9 Å². The molecule has 4 heterocycles. The molecule has 4 aromatic heterocycles. The smallest absolute Gasteiger partial charge is 0.261 e. The van der Waals surface area contributed by atoms with Crippen molar-refractivity contribution in [2.75, 3.05) is 5.32 Å². The van der Waals surface area contributed by atoms with Crippen LogP contribution in [0.5, 0.6) is 0 Å². The monoisotopic (exact) mass is 701 g/mol. The molecule has 0 bridgehead atoms. The minimum atomic E-state index is -0.301. The van der Waals surface area contributed by atoms with Crippen molar-refractivity contribution in [3.63, 3.8) is 0 Å². The van der Waals surface area contributed by atoms with Crippen LogP contribution < -0.4 is 10.6 Å². The Morgan fingerprint density at radius 1 is 0.960 bits per heavy atom. The second-order valence-corrected chi connectivity index (χ2v) is 13.3. The van der Waals surface area contributed by atoms with Crippen molar-refractivity contribution in [2.24, 2.45) is 0 Å². The van der Waals surface area contributed by atoms with Crippen LogP contribution >= 0.6 is 22.9 Å². The van der Waals surface area contributed by atoms with E-state index in [9.17, 15) is 9.59 Å². The normalized spacial score (nSPS) is 11.9. The summed E-state index contributed by atoms with van der Waals surface area (Å²) in [5, 5.41) is 19.5. The molecule has 0 radical (unpaired) electrons. The van der Waals surface area contributed by atoms with Gasteiger partial charge in [0.15, 0.2) is 5.65 Å². The van der Waals surface area contributed by atoms with E-state index in [1.165, 1.54) is 6.20 Å². The molecule has 13 heteroatoms. The highest BCUT2D eigenvalue weighted by Gasteiger charge is 2.18. The lowest BCUT2D eigenvalue weighted by Crippen LogP contribution is -2.27. The van der Waals surface area contributed by atoms with Crippen molar-refractivity contribution >= 4 is 46.1 Å². The van der Waals surface area contributed by atoms with Crippen LogP contribution in [0.3, 0.4) is 0 Å². The maximum absolute atomic E-state index is 13.2. The summed E-state index contributed by atoms with van der Waals surface area (Å²) in [6.45, 7) is 8.12. The first-order chi connectivity index (χ1) is 24.1. The highest BCUT2D eigenvalue weighted by Crippen LogP contribution is 2.33. The van der Waals surface area contributed by atoms with Gasteiger partial charge in [0.1, 0.15) is 11.3 Å². The number of rotatable bonds is 9. The van der Waals surface area contributed by atoms with E-state index in [2.05, 4.69) is 36.0 Å². The standard InChI is InChI=1S/C37H32ClN9O2S/c1-21-14-22(2)47-35(41-21)31(17-40-47)37(49)43-29-11-8-26(9-12-29)33-19-46(45-44-33)18-25-6-5-7-28(15-25)36(48)42-23(3)30-13-10-27(16-32(30)38)34-24(4)39-20-50-34/h5-17,19-20,23H,18H2,1-4H3,(H,42,48)(H,43,49). The van der Waals surface area contributed by atoms with Crippen molar-refractivity contribution in [3.8, 4) is 21.7 Å². The highest BCUT2D eigenvalue weighted by atomic mass is 35.5. The first kappa shape index (κ1) is 32.8. The minimum Gasteiger partial charge on any atom is -0.345 e. The van der Waals surface area contributed by atoms with Crippen LogP contribution in [0.1, 0.15) is 61.9 Å². The third-order valence-corrected chi connectivity index (χ3v) is 9.66. The van der Waals surface area contributed by atoms with E-state index in [4.69, 9.17) is 11.6 Å². The Morgan fingerprint density at radius 2 is 1.76 bits per heavy atom. The first-order valence-corrected chi connectivity index (χ1v) is 17.1. The largest absolute Gasteiger partial charge is 0.345 e. The van der Waals surface area contributed by atoms with E-state index in [0.29, 0.717) is 39.7 Å². The van der Waals surface area contributed by atoms with Gasteiger partial charge in [-0.2, -0.15) is 5.10 Å². The first-order valence-electron chi connectivity index (χ1n) is 15.9. The number of thiazole rings is 1. The molecule has 2 N–H and O–H groups in total. The molecule has 7 aromatic rings. The van der Waals surface area contributed by atoms with Crippen LogP contribution in [-0.2, 0) is 6.54 Å². The van der Waals surface area contributed by atoms with Gasteiger partial charge in [0.2, 0.25) is 0 Å². The molecule has 0 fully saturated rings. The Bertz CT molecular complexity index is 2380. The number of nitrogens with zero attached hydrogens (tertiary/aromatic N) is 7. The number of carbonyl (C=O) groups excluding carboxylic acids is 2. The molecule has 0 saturated heterocycles. The van der Waals surface area contributed by atoms with Gasteiger partial charge in [-0.25, -0.2) is 19.2 Å². The zero-order valence-electron chi connectivity index (χ0n) is 27.7. The molecule has 1 unspecified atom stereocenters. The summed E-state index contributed by atoms with van der Waals surface area (Å²) < 4.78 is 3.38. The van der Waals surface area contributed by atoms with E-state index >= 15 is 0 Å². The van der Waals surface area contributed by atoms with Gasteiger partial charge >= 0.3 is 0 Å². The van der Waals surface area contributed by atoms with Crippen LogP contribution in [0.25, 0.3) is 27.3 Å². The van der Waals surface area contributed by atoms with Crippen molar-refractivity contribution in [3.05, 3.63) is 135 Å². The fraction of sp³-hybridized carbons (Fsp3) is 0.162. The van der Waals surface area contributed by atoms with Gasteiger partial charge in [-0.15, -0.1) is 16.4 Å². The van der Waals surface area contributed by atoms with Crippen molar-refractivity contribution < 1.29 is 9.59 Å². The molecule has 3 aromatic carbocycles. The predicted octanol–water partition coefficient (Wildman–Crippen LogP) is 7.48. The number of hydrogen-bond donors (Lipinski definition) is 2. The fourth-order valence-electron chi connectivity index (χ4n) is 5.82. The Balaban J connectivity index is 0.979. The summed E-state index contributed by atoms with van der Waals surface area (Å²) in [4.78, 5) is 36.2. The average molecular weight is 702 g/mol. The minimum absolute atomic E-state index is 0.202. The van der Waals surface area contributed by atoms with Gasteiger partial charge in [0.05, 0.1) is 41.1 Å². The Morgan fingerprint density at radius 3 is 2.52 bits per heavy atom. The molecule has 2 amide bonds. The second kappa shape index (κ2) is 13.7. The lowest BCUT2D eigenvalue weighted by Gasteiger charge is -2.17. The Labute approximate surface area is 297 Å². The molecule has 0 aliphatic heterocycles. The predicted molar refractivity (Wildman–Crippen MR) is 195 cm³/mol. The van der Waals surface area contributed by atoms with Gasteiger partial charge in [-0.05, 0) is 80.8 Å². The van der Waals surface area contributed by atoms with E-state index < -0.39 is 0 Å². The van der Waals surface area contributed by atoms with Gasteiger partial charge < -0.3 is 10.6 Å². The molecular weight excluding hydrogens is 670 g/mol. The summed E-state index contributed by atoms with van der Waals surface area (Å²) in [6.07, 6.45) is 3.37. The van der Waals surface area contributed by atoms with Gasteiger partial charge in [-0.1, -0.05) is 53.2 Å². The van der Waals surface area contributed by atoms with Crippen molar-refractivity contribution in [1.29, 1.82) is 0 Å². The molecule has 7 rings (SSSR count). The summed E-state index contributed by atoms with van der Waals surface area (Å²) in [6, 6.07) is 22.3. The number of anilines is 1. The third-order valence-electron chi connectivity index (χ3n) is 8.36. The maximum Gasteiger partial charge on any atom is 0.261 e. The zero-order chi connectivity index (χ0) is 34.9. The number of aromatic nitrogens is 7. The second-order valence-electron chi connectivity index (χ2n) is 12.1. The Hall–Kier alpha value is -5.72. The summed E-state index contributed by atoms with van der Waals surface area (Å²) in [5.74, 6) is -0.491. The molecule has 1 atom stereocenters. The van der Waals surface area contributed by atoms with Gasteiger partial charge in [0.25, 0.3) is 11.8 Å². The zero-order valence-corrected chi connectivity index (χ0v) is 29.3. The topological polar surface area (TPSA) is 132 Å². The van der Waals surface area contributed by atoms with Crippen LogP contribution in [0.15, 0.2) is 90.7 Å². The number of amides is 2. The lowest BCUT2D eigenvalue weighted by molar-refractivity contribution is 0.0939. The summed E-state index contributed by atoms with van der Waals surface area (Å²) in [5.41, 5.74) is 10.8. The molecule has 250 valence electrons. The van der Waals surface area contributed by atoms with E-state index in [0.717, 1.165) is 44.2 Å².